The van der Waals surface area contributed by atoms with Crippen LogP contribution < -0.4 is 5.32 Å². The fraction of sp³-hybridized carbons (Fsp3) is 0.310. The van der Waals surface area contributed by atoms with Crippen LogP contribution in [0.2, 0.25) is 0 Å². The third-order valence-corrected chi connectivity index (χ3v) is 6.09. The fourth-order valence-electron chi connectivity index (χ4n) is 3.99. The van der Waals surface area contributed by atoms with Gasteiger partial charge in [0, 0.05) is 32.0 Å². The number of carbonyl (C=O) groups excluding carboxylic acids is 2. The third-order valence-electron chi connectivity index (χ3n) is 6.09. The first-order chi connectivity index (χ1) is 16.4. The number of rotatable bonds is 10. The van der Waals surface area contributed by atoms with Crippen LogP contribution in [-0.4, -0.2) is 29.8 Å². The maximum Gasteiger partial charge on any atom is 0.242 e. The monoisotopic (exact) mass is 460 g/mol. The van der Waals surface area contributed by atoms with Gasteiger partial charge in [0.15, 0.2) is 0 Å². The lowest BCUT2D eigenvalue weighted by Gasteiger charge is -2.31. The summed E-state index contributed by atoms with van der Waals surface area (Å²) < 4.78 is 14.5. The van der Waals surface area contributed by atoms with Crippen LogP contribution in [0.4, 0.5) is 4.39 Å². The van der Waals surface area contributed by atoms with Gasteiger partial charge in [0.25, 0.3) is 0 Å². The van der Waals surface area contributed by atoms with Crippen LogP contribution >= 0.6 is 0 Å². The van der Waals surface area contributed by atoms with Crippen molar-refractivity contribution in [1.29, 1.82) is 0 Å². The molecule has 3 aromatic rings. The summed E-state index contributed by atoms with van der Waals surface area (Å²) in [6.45, 7) is 4.32. The molecule has 0 spiro atoms. The van der Waals surface area contributed by atoms with Crippen molar-refractivity contribution in [3.8, 4) is 0 Å². The van der Waals surface area contributed by atoms with Crippen molar-refractivity contribution < 1.29 is 14.0 Å². The van der Waals surface area contributed by atoms with E-state index < -0.39 is 6.04 Å². The van der Waals surface area contributed by atoms with E-state index in [2.05, 4.69) is 31.3 Å². The number of nitrogens with one attached hydrogen (secondary N) is 1. The normalized spacial score (nSPS) is 11.8. The Balaban J connectivity index is 1.85. The average Bonchev–Trinajstić information content (AvgIpc) is 2.86. The smallest absolute Gasteiger partial charge is 0.242 e. The molecule has 0 aliphatic rings. The second kappa shape index (κ2) is 12.1. The SMILES string of the molecule is CNC(=O)C(Cc1ccccc1)N(Cc1ccccc1F)C(=O)CCc1ccc(C(C)C)cc1. The predicted molar refractivity (Wildman–Crippen MR) is 134 cm³/mol. The van der Waals surface area contributed by atoms with Crippen LogP contribution in [0.25, 0.3) is 0 Å². The van der Waals surface area contributed by atoms with E-state index in [0.717, 1.165) is 11.1 Å². The summed E-state index contributed by atoms with van der Waals surface area (Å²) in [7, 11) is 1.56. The number of carbonyl (C=O) groups is 2. The van der Waals surface area contributed by atoms with Gasteiger partial charge < -0.3 is 10.2 Å². The quantitative estimate of drug-likeness (QED) is 0.448. The number of aryl methyl sites for hydroxylation is 1. The Bertz CT molecular complexity index is 1080. The Morgan fingerprint density at radius 2 is 1.53 bits per heavy atom. The molecule has 1 unspecified atom stereocenters. The van der Waals surface area contributed by atoms with E-state index >= 15 is 0 Å². The third kappa shape index (κ3) is 6.77. The van der Waals surface area contributed by atoms with Crippen LogP contribution in [-0.2, 0) is 29.0 Å². The lowest BCUT2D eigenvalue weighted by molar-refractivity contribution is -0.141. The highest BCUT2D eigenvalue weighted by molar-refractivity contribution is 5.88. The van der Waals surface area contributed by atoms with Gasteiger partial charge in [-0.3, -0.25) is 9.59 Å². The van der Waals surface area contributed by atoms with Crippen molar-refractivity contribution in [1.82, 2.24) is 10.2 Å². The minimum Gasteiger partial charge on any atom is -0.357 e. The summed E-state index contributed by atoms with van der Waals surface area (Å²) in [4.78, 5) is 27.9. The minimum absolute atomic E-state index is 0.0305. The van der Waals surface area contributed by atoms with Gasteiger partial charge in [-0.2, -0.15) is 0 Å². The number of amides is 2. The number of nitrogens with zero attached hydrogens (tertiary/aromatic N) is 1. The van der Waals surface area contributed by atoms with Crippen LogP contribution in [0, 0.1) is 5.82 Å². The number of hydrogen-bond donors (Lipinski definition) is 1. The first-order valence-corrected chi connectivity index (χ1v) is 11.8. The molecular formula is C29H33FN2O2. The molecule has 1 atom stereocenters. The van der Waals surface area contributed by atoms with Gasteiger partial charge in [0.2, 0.25) is 11.8 Å². The molecule has 3 rings (SSSR count). The molecule has 178 valence electrons. The van der Waals surface area contributed by atoms with Crippen molar-refractivity contribution in [3.63, 3.8) is 0 Å². The number of halogens is 1. The fourth-order valence-corrected chi connectivity index (χ4v) is 3.99. The second-order valence-electron chi connectivity index (χ2n) is 8.83. The summed E-state index contributed by atoms with van der Waals surface area (Å²) in [6, 6.07) is 23.5. The van der Waals surface area contributed by atoms with Crippen molar-refractivity contribution >= 4 is 11.8 Å². The minimum atomic E-state index is -0.747. The van der Waals surface area contributed by atoms with E-state index in [1.807, 2.05) is 42.5 Å². The van der Waals surface area contributed by atoms with Crippen molar-refractivity contribution in [2.45, 2.75) is 51.6 Å². The molecule has 0 saturated carbocycles. The van der Waals surface area contributed by atoms with E-state index in [9.17, 15) is 14.0 Å². The largest absolute Gasteiger partial charge is 0.357 e. The molecule has 0 aliphatic heterocycles. The van der Waals surface area contributed by atoms with Gasteiger partial charge in [0.05, 0.1) is 0 Å². The number of benzene rings is 3. The van der Waals surface area contributed by atoms with Gasteiger partial charge in [0.1, 0.15) is 11.9 Å². The van der Waals surface area contributed by atoms with E-state index in [4.69, 9.17) is 0 Å². The summed E-state index contributed by atoms with van der Waals surface area (Å²) >= 11 is 0. The second-order valence-corrected chi connectivity index (χ2v) is 8.83. The van der Waals surface area contributed by atoms with E-state index in [-0.39, 0.29) is 30.6 Å². The zero-order valence-electron chi connectivity index (χ0n) is 20.1. The van der Waals surface area contributed by atoms with Crippen molar-refractivity contribution in [3.05, 3.63) is 107 Å². The molecule has 0 heterocycles. The van der Waals surface area contributed by atoms with Gasteiger partial charge >= 0.3 is 0 Å². The molecule has 0 fully saturated rings. The molecule has 1 N–H and O–H groups in total. The van der Waals surface area contributed by atoms with Gasteiger partial charge in [-0.1, -0.05) is 86.6 Å². The highest BCUT2D eigenvalue weighted by atomic mass is 19.1. The van der Waals surface area contributed by atoms with E-state index in [1.165, 1.54) is 16.5 Å². The molecular weight excluding hydrogens is 427 g/mol. The molecule has 0 radical (unpaired) electrons. The topological polar surface area (TPSA) is 49.4 Å². The molecule has 0 aliphatic carbocycles. The zero-order valence-corrected chi connectivity index (χ0v) is 20.1. The first kappa shape index (κ1) is 25.2. The maximum absolute atomic E-state index is 14.5. The molecule has 3 aromatic carbocycles. The summed E-state index contributed by atoms with van der Waals surface area (Å²) in [6.07, 6.45) is 1.14. The van der Waals surface area contributed by atoms with Gasteiger partial charge in [-0.25, -0.2) is 4.39 Å². The van der Waals surface area contributed by atoms with E-state index in [1.54, 1.807) is 25.2 Å². The van der Waals surface area contributed by atoms with Crippen LogP contribution in [0.3, 0.4) is 0 Å². The maximum atomic E-state index is 14.5. The Morgan fingerprint density at radius 3 is 2.15 bits per heavy atom. The molecule has 0 aromatic heterocycles. The molecule has 34 heavy (non-hydrogen) atoms. The number of hydrogen-bond acceptors (Lipinski definition) is 2. The Kier molecular flexibility index (Phi) is 8.97. The summed E-state index contributed by atoms with van der Waals surface area (Å²) in [5.74, 6) is -0.395. The van der Waals surface area contributed by atoms with Gasteiger partial charge in [-0.15, -0.1) is 0 Å². The molecule has 5 heteroatoms. The van der Waals surface area contributed by atoms with Crippen LogP contribution in [0.1, 0.15) is 48.4 Å². The molecule has 0 bridgehead atoms. The average molecular weight is 461 g/mol. The molecule has 0 saturated heterocycles. The lowest BCUT2D eigenvalue weighted by atomic mass is 9.99. The molecule has 4 nitrogen and oxygen atoms in total. The highest BCUT2D eigenvalue weighted by Crippen LogP contribution is 2.19. The summed E-state index contributed by atoms with van der Waals surface area (Å²) in [5, 5.41) is 2.69. The standard InChI is InChI=1S/C29H33FN2O2/c1-21(2)24-16-13-22(14-17-24)15-18-28(33)32(20-25-11-7-8-12-26(25)30)27(29(34)31-3)19-23-9-5-4-6-10-23/h4-14,16-17,21,27H,15,18-20H2,1-3H3,(H,31,34). The van der Waals surface area contributed by atoms with Crippen LogP contribution in [0.5, 0.6) is 0 Å². The number of likely N-dealkylation sites (N-methyl/N-ethyl adjacent to an activating group) is 1. The van der Waals surface area contributed by atoms with Gasteiger partial charge in [-0.05, 0) is 35.1 Å². The van der Waals surface area contributed by atoms with Crippen molar-refractivity contribution in [2.24, 2.45) is 0 Å². The Morgan fingerprint density at radius 1 is 0.882 bits per heavy atom. The highest BCUT2D eigenvalue weighted by Gasteiger charge is 2.30. The Hall–Kier alpha value is -3.47. The summed E-state index contributed by atoms with van der Waals surface area (Å²) in [5.41, 5.74) is 3.63. The molecule has 2 amide bonds. The first-order valence-electron chi connectivity index (χ1n) is 11.8. The van der Waals surface area contributed by atoms with Crippen LogP contribution in [0.15, 0.2) is 78.9 Å². The van der Waals surface area contributed by atoms with Crippen molar-refractivity contribution in [2.75, 3.05) is 7.05 Å². The van der Waals surface area contributed by atoms with E-state index in [0.29, 0.717) is 24.3 Å². The Labute approximate surface area is 201 Å². The lowest BCUT2D eigenvalue weighted by Crippen LogP contribution is -2.49. The predicted octanol–water partition coefficient (Wildman–Crippen LogP) is 5.27. The zero-order chi connectivity index (χ0) is 24.5.